The Hall–Kier alpha value is 0.210. The standard InChI is InChI=1S/2H3N.H2O7S3/c;;1-8(2)6-10(5)7-9(3)4/h2*1H3;(H,1,2)(H,3,4). The summed E-state index contributed by atoms with van der Waals surface area (Å²) >= 11 is -8.25. The monoisotopic (exact) mass is 244 g/mol. The van der Waals surface area contributed by atoms with Gasteiger partial charge < -0.3 is 12.3 Å². The van der Waals surface area contributed by atoms with Crippen LogP contribution in [0.1, 0.15) is 0 Å². The normalized spacial score (nSPS) is 16.5. The molecule has 0 radical (unpaired) electrons. The number of hydrogen-bond donors (Lipinski definition) is 4. The van der Waals surface area contributed by atoms with Crippen LogP contribution in [0.2, 0.25) is 0 Å². The Balaban J connectivity index is -0.000000405. The highest BCUT2D eigenvalue weighted by Gasteiger charge is 2.08. The van der Waals surface area contributed by atoms with Crippen molar-refractivity contribution in [3.8, 4) is 0 Å². The Labute approximate surface area is 75.8 Å². The van der Waals surface area contributed by atoms with Crippen molar-refractivity contribution in [1.82, 2.24) is 12.3 Å². The number of hydrogen-bond acceptors (Lipinski definition) is 7. The van der Waals surface area contributed by atoms with Crippen molar-refractivity contribution in [2.24, 2.45) is 0 Å². The average molecular weight is 244 g/mol. The highest BCUT2D eigenvalue weighted by Crippen LogP contribution is 1.92. The summed E-state index contributed by atoms with van der Waals surface area (Å²) in [5.41, 5.74) is 0. The van der Waals surface area contributed by atoms with Crippen LogP contribution in [-0.4, -0.2) is 21.7 Å². The van der Waals surface area contributed by atoms with Crippen LogP contribution >= 0.6 is 0 Å². The van der Waals surface area contributed by atoms with Gasteiger partial charge >= 0.3 is 34.1 Å². The lowest BCUT2D eigenvalue weighted by molar-refractivity contribution is 0.415. The lowest BCUT2D eigenvalue weighted by atomic mass is 14.0. The predicted octanol–water partition coefficient (Wildman–Crippen LogP) is -0.804. The van der Waals surface area contributed by atoms with Crippen LogP contribution in [0.3, 0.4) is 0 Å². The Morgan fingerprint density at radius 1 is 0.833 bits per heavy atom. The zero-order valence-corrected chi connectivity index (χ0v) is 8.02. The highest BCUT2D eigenvalue weighted by atomic mass is 32.3. The number of rotatable bonds is 4. The Morgan fingerprint density at radius 2 is 1.08 bits per heavy atom. The second-order valence-corrected chi connectivity index (χ2v) is 3.14. The van der Waals surface area contributed by atoms with E-state index in [0.29, 0.717) is 0 Å². The molecule has 0 aromatic rings. The fourth-order valence-electron chi connectivity index (χ4n) is 0.106. The molecule has 0 spiro atoms. The molecule has 0 aromatic carbocycles. The van der Waals surface area contributed by atoms with Gasteiger partial charge in [-0.2, -0.15) is 12.6 Å². The van der Waals surface area contributed by atoms with E-state index in [0.717, 1.165) is 0 Å². The van der Waals surface area contributed by atoms with Crippen molar-refractivity contribution in [1.29, 1.82) is 0 Å². The zero-order valence-electron chi connectivity index (χ0n) is 5.57. The Kier molecular flexibility index (Phi) is 14.0. The van der Waals surface area contributed by atoms with Gasteiger partial charge in [-0.1, -0.05) is 0 Å². The van der Waals surface area contributed by atoms with E-state index >= 15 is 0 Å². The lowest BCUT2D eigenvalue weighted by Gasteiger charge is -1.91. The smallest absolute Gasteiger partial charge is 0.336 e. The van der Waals surface area contributed by atoms with Crippen molar-refractivity contribution < 1.29 is 29.0 Å². The molecule has 12 heavy (non-hydrogen) atoms. The van der Waals surface area contributed by atoms with E-state index in [9.17, 15) is 12.6 Å². The first-order valence-electron chi connectivity index (χ1n) is 1.53. The molecular formula is H8N2O7S3. The summed E-state index contributed by atoms with van der Waals surface area (Å²) in [6, 6.07) is 0. The maximum absolute atomic E-state index is 10.0. The van der Waals surface area contributed by atoms with E-state index in [2.05, 4.69) is 7.26 Å². The van der Waals surface area contributed by atoms with Crippen LogP contribution in [0, 0.1) is 0 Å². The molecule has 0 heterocycles. The predicted molar refractivity (Wildman–Crippen MR) is 41.9 cm³/mol. The van der Waals surface area contributed by atoms with Crippen molar-refractivity contribution in [2.45, 2.75) is 0 Å². The molecule has 9 nitrogen and oxygen atoms in total. The van der Waals surface area contributed by atoms with Gasteiger partial charge in [0.15, 0.2) is 0 Å². The SMILES string of the molecule is N.N.O=S(O)OS(=O)OS(=O)O. The van der Waals surface area contributed by atoms with E-state index in [4.69, 9.17) is 9.11 Å². The third-order valence-electron chi connectivity index (χ3n) is 0.228. The summed E-state index contributed by atoms with van der Waals surface area (Å²) in [6.07, 6.45) is 0. The molecule has 0 bridgehead atoms. The maximum Gasteiger partial charge on any atom is 0.336 e. The van der Waals surface area contributed by atoms with Crippen molar-refractivity contribution in [3.63, 3.8) is 0 Å². The molecule has 0 rings (SSSR count). The molecule has 0 saturated heterocycles. The minimum atomic E-state index is -2.78. The van der Waals surface area contributed by atoms with Gasteiger partial charge in [0.2, 0.25) is 0 Å². The molecule has 0 aliphatic rings. The van der Waals surface area contributed by atoms with Gasteiger partial charge in [-0.05, 0) is 0 Å². The lowest BCUT2D eigenvalue weighted by Crippen LogP contribution is -2.05. The zero-order chi connectivity index (χ0) is 8.15. The molecule has 0 saturated carbocycles. The van der Waals surface area contributed by atoms with E-state index in [-0.39, 0.29) is 12.3 Å². The molecule has 0 aliphatic heterocycles. The first kappa shape index (κ1) is 18.1. The largest absolute Gasteiger partial charge is 0.344 e. The van der Waals surface area contributed by atoms with Gasteiger partial charge in [0, 0.05) is 0 Å². The fourth-order valence-corrected chi connectivity index (χ4v) is 1.16. The summed E-state index contributed by atoms with van der Waals surface area (Å²) in [7, 11) is 0. The third kappa shape index (κ3) is 12.8. The summed E-state index contributed by atoms with van der Waals surface area (Å²) in [4.78, 5) is 0. The second-order valence-electron chi connectivity index (χ2n) is 0.774. The first-order valence-corrected chi connectivity index (χ1v) is 4.60. The molecule has 0 fully saturated rings. The van der Waals surface area contributed by atoms with Crippen molar-refractivity contribution >= 4 is 34.1 Å². The minimum absolute atomic E-state index is 0. The van der Waals surface area contributed by atoms with Crippen LogP contribution in [0.4, 0.5) is 0 Å². The summed E-state index contributed by atoms with van der Waals surface area (Å²) < 4.78 is 51.9. The molecule has 0 amide bonds. The first-order chi connectivity index (χ1) is 4.52. The molecule has 0 aliphatic carbocycles. The van der Waals surface area contributed by atoms with E-state index in [1.54, 1.807) is 0 Å². The fraction of sp³-hybridized carbons (Fsp3) is 0. The summed E-state index contributed by atoms with van der Waals surface area (Å²) in [6.45, 7) is 0. The van der Waals surface area contributed by atoms with E-state index in [1.807, 2.05) is 0 Å². The van der Waals surface area contributed by atoms with Gasteiger partial charge in [-0.3, -0.25) is 9.11 Å². The molecule has 78 valence electrons. The molecular weight excluding hydrogens is 236 g/mol. The van der Waals surface area contributed by atoms with Crippen LogP contribution in [0.25, 0.3) is 0 Å². The Bertz CT molecular complexity index is 159. The van der Waals surface area contributed by atoms with Gasteiger partial charge in [0.1, 0.15) is 0 Å². The van der Waals surface area contributed by atoms with Crippen LogP contribution in [0.15, 0.2) is 0 Å². The molecule has 0 aromatic heterocycles. The topological polar surface area (TPSA) is 180 Å². The maximum atomic E-state index is 10.0. The van der Waals surface area contributed by atoms with E-state index < -0.39 is 34.1 Å². The third-order valence-corrected chi connectivity index (χ3v) is 2.05. The Morgan fingerprint density at radius 3 is 1.25 bits per heavy atom. The van der Waals surface area contributed by atoms with Crippen LogP contribution in [0.5, 0.6) is 0 Å². The minimum Gasteiger partial charge on any atom is -0.344 e. The summed E-state index contributed by atoms with van der Waals surface area (Å²) in [5, 5.41) is 0. The summed E-state index contributed by atoms with van der Waals surface area (Å²) in [5.74, 6) is 0. The van der Waals surface area contributed by atoms with Gasteiger partial charge in [-0.15, -0.1) is 7.26 Å². The molecule has 8 N–H and O–H groups in total. The molecule has 12 heteroatoms. The van der Waals surface area contributed by atoms with Gasteiger partial charge in [-0.25, -0.2) is 0 Å². The average Bonchev–Trinajstić information content (AvgIpc) is 1.58. The molecule has 2 atom stereocenters. The highest BCUT2D eigenvalue weighted by molar-refractivity contribution is 7.93. The van der Waals surface area contributed by atoms with Gasteiger partial charge in [0.25, 0.3) is 0 Å². The molecule has 2 unspecified atom stereocenters. The second kappa shape index (κ2) is 9.30. The van der Waals surface area contributed by atoms with Crippen LogP contribution in [-0.2, 0) is 41.3 Å². The van der Waals surface area contributed by atoms with Crippen molar-refractivity contribution in [3.05, 3.63) is 0 Å². The quantitative estimate of drug-likeness (QED) is 0.460. The van der Waals surface area contributed by atoms with Crippen LogP contribution < -0.4 is 12.3 Å². The van der Waals surface area contributed by atoms with Crippen molar-refractivity contribution in [2.75, 3.05) is 0 Å². The van der Waals surface area contributed by atoms with E-state index in [1.165, 1.54) is 0 Å². The van der Waals surface area contributed by atoms with Gasteiger partial charge in [0.05, 0.1) is 0 Å².